The fraction of sp³-hybridized carbons (Fsp3) is 0.312. The van der Waals surface area contributed by atoms with E-state index in [1.165, 1.54) is 33.5 Å². The molecule has 1 aromatic heterocycles. The first-order valence-electron chi connectivity index (χ1n) is 7.18. The van der Waals surface area contributed by atoms with E-state index in [-0.39, 0.29) is 11.4 Å². The third-order valence-corrected chi connectivity index (χ3v) is 3.13. The number of aryl methyl sites for hydroxylation is 1. The maximum Gasteiger partial charge on any atom is 0.338 e. The van der Waals surface area contributed by atoms with E-state index < -0.39 is 18.5 Å². The zero-order chi connectivity index (χ0) is 18.4. The number of nitrogens with one attached hydrogen (secondary N) is 1. The van der Waals surface area contributed by atoms with Crippen molar-refractivity contribution >= 4 is 17.8 Å². The van der Waals surface area contributed by atoms with Crippen LogP contribution in [0.4, 0.5) is 5.88 Å². The van der Waals surface area contributed by atoms with Gasteiger partial charge in [-0.25, -0.2) is 4.79 Å². The number of hydrogen-bond donors (Lipinski definition) is 1. The molecule has 134 valence electrons. The van der Waals surface area contributed by atoms with Crippen LogP contribution in [0.3, 0.4) is 0 Å². The Labute approximate surface area is 143 Å². The molecule has 0 aliphatic rings. The van der Waals surface area contributed by atoms with Gasteiger partial charge in [-0.1, -0.05) is 5.16 Å². The van der Waals surface area contributed by atoms with Crippen molar-refractivity contribution in [1.82, 2.24) is 5.16 Å². The van der Waals surface area contributed by atoms with E-state index in [1.807, 2.05) is 0 Å². The molecule has 1 amide bonds. The van der Waals surface area contributed by atoms with Gasteiger partial charge in [-0.3, -0.25) is 10.1 Å². The predicted octanol–water partition coefficient (Wildman–Crippen LogP) is 1.80. The van der Waals surface area contributed by atoms with Gasteiger partial charge in [-0.2, -0.15) is 0 Å². The number of hydrogen-bond acceptors (Lipinski definition) is 8. The molecule has 0 spiro atoms. The summed E-state index contributed by atoms with van der Waals surface area (Å²) in [5.41, 5.74) is 0.766. The van der Waals surface area contributed by atoms with Crippen molar-refractivity contribution in [2.24, 2.45) is 0 Å². The highest BCUT2D eigenvalue weighted by Crippen LogP contribution is 2.38. The first-order chi connectivity index (χ1) is 12.0. The van der Waals surface area contributed by atoms with Gasteiger partial charge in [-0.05, 0) is 19.1 Å². The molecule has 0 saturated carbocycles. The molecule has 0 fully saturated rings. The highest BCUT2D eigenvalue weighted by Gasteiger charge is 2.19. The van der Waals surface area contributed by atoms with Crippen LogP contribution in [-0.2, 0) is 9.53 Å². The fourth-order valence-corrected chi connectivity index (χ4v) is 2.01. The predicted molar refractivity (Wildman–Crippen MR) is 86.3 cm³/mol. The minimum Gasteiger partial charge on any atom is -0.493 e. The van der Waals surface area contributed by atoms with Gasteiger partial charge >= 0.3 is 5.97 Å². The number of anilines is 1. The van der Waals surface area contributed by atoms with Crippen molar-refractivity contribution in [3.8, 4) is 17.2 Å². The molecule has 2 rings (SSSR count). The van der Waals surface area contributed by atoms with Crippen LogP contribution in [0, 0.1) is 6.92 Å². The number of carbonyl (C=O) groups excluding carboxylic acids is 2. The van der Waals surface area contributed by atoms with Crippen LogP contribution in [0.15, 0.2) is 22.7 Å². The average molecular weight is 350 g/mol. The van der Waals surface area contributed by atoms with Gasteiger partial charge in [0.2, 0.25) is 11.6 Å². The Morgan fingerprint density at radius 3 is 2.20 bits per heavy atom. The number of ether oxygens (including phenoxy) is 4. The molecule has 1 heterocycles. The molecular weight excluding hydrogens is 332 g/mol. The topological polar surface area (TPSA) is 109 Å². The van der Waals surface area contributed by atoms with Crippen LogP contribution < -0.4 is 19.5 Å². The molecule has 1 N–H and O–H groups in total. The number of amides is 1. The molecule has 9 heteroatoms. The first kappa shape index (κ1) is 18.1. The fourth-order valence-electron chi connectivity index (χ4n) is 2.01. The Balaban J connectivity index is 2.03. The molecule has 9 nitrogen and oxygen atoms in total. The smallest absolute Gasteiger partial charge is 0.338 e. The minimum absolute atomic E-state index is 0.151. The summed E-state index contributed by atoms with van der Waals surface area (Å²) in [5, 5.41) is 6.05. The highest BCUT2D eigenvalue weighted by molar-refractivity contribution is 5.95. The van der Waals surface area contributed by atoms with Gasteiger partial charge in [0.05, 0.1) is 32.6 Å². The SMILES string of the molecule is COc1cc(C(=O)OCC(=O)Nc2cc(C)no2)cc(OC)c1OC. The van der Waals surface area contributed by atoms with Crippen LogP contribution in [0.2, 0.25) is 0 Å². The molecule has 0 aliphatic carbocycles. The zero-order valence-electron chi connectivity index (χ0n) is 14.2. The standard InChI is InChI=1S/C16H18N2O7/c1-9-5-14(25-18-9)17-13(19)8-24-16(20)10-6-11(21-2)15(23-4)12(7-10)22-3/h5-7H,8H2,1-4H3,(H,17,19). The number of methoxy groups -OCH3 is 3. The van der Waals surface area contributed by atoms with Gasteiger partial charge in [0.25, 0.3) is 5.91 Å². The van der Waals surface area contributed by atoms with E-state index in [2.05, 4.69) is 10.5 Å². The second kappa shape index (κ2) is 8.04. The minimum atomic E-state index is -0.719. The van der Waals surface area contributed by atoms with E-state index in [1.54, 1.807) is 13.0 Å². The Bertz CT molecular complexity index is 745. The summed E-state index contributed by atoms with van der Waals surface area (Å²) in [4.78, 5) is 23.9. The second-order valence-electron chi connectivity index (χ2n) is 4.87. The molecule has 0 radical (unpaired) electrons. The summed E-state index contributed by atoms with van der Waals surface area (Å²) in [6.07, 6.45) is 0. The summed E-state index contributed by atoms with van der Waals surface area (Å²) in [5.74, 6) is -0.155. The molecule has 1 aromatic carbocycles. The number of aromatic nitrogens is 1. The van der Waals surface area contributed by atoms with Gasteiger partial charge in [0.15, 0.2) is 18.1 Å². The molecule has 0 unspecified atom stereocenters. The van der Waals surface area contributed by atoms with Crippen LogP contribution in [0.5, 0.6) is 17.2 Å². The van der Waals surface area contributed by atoms with Crippen LogP contribution >= 0.6 is 0 Å². The lowest BCUT2D eigenvalue weighted by Crippen LogP contribution is -2.20. The maximum atomic E-state index is 12.2. The van der Waals surface area contributed by atoms with Crippen molar-refractivity contribution < 1.29 is 33.1 Å². The van der Waals surface area contributed by atoms with Crippen LogP contribution in [0.1, 0.15) is 16.1 Å². The molecular formula is C16H18N2O7. The van der Waals surface area contributed by atoms with Crippen LogP contribution in [-0.4, -0.2) is 45.0 Å². The summed E-state index contributed by atoms with van der Waals surface area (Å²) < 4.78 is 25.3. The highest BCUT2D eigenvalue weighted by atomic mass is 16.5. The zero-order valence-corrected chi connectivity index (χ0v) is 14.2. The number of nitrogens with zero attached hydrogens (tertiary/aromatic N) is 1. The Morgan fingerprint density at radius 1 is 1.08 bits per heavy atom. The molecule has 0 atom stereocenters. The molecule has 25 heavy (non-hydrogen) atoms. The van der Waals surface area contributed by atoms with E-state index in [0.717, 1.165) is 0 Å². The number of rotatable bonds is 7. The van der Waals surface area contributed by atoms with Crippen molar-refractivity contribution in [3.05, 3.63) is 29.5 Å². The van der Waals surface area contributed by atoms with E-state index in [9.17, 15) is 9.59 Å². The third-order valence-electron chi connectivity index (χ3n) is 3.13. The monoisotopic (exact) mass is 350 g/mol. The van der Waals surface area contributed by atoms with Gasteiger partial charge in [-0.15, -0.1) is 0 Å². The number of esters is 1. The summed E-state index contributed by atoms with van der Waals surface area (Å²) >= 11 is 0. The summed E-state index contributed by atoms with van der Waals surface area (Å²) in [6, 6.07) is 4.40. The van der Waals surface area contributed by atoms with Crippen molar-refractivity contribution in [2.45, 2.75) is 6.92 Å². The van der Waals surface area contributed by atoms with Gasteiger partial charge < -0.3 is 23.5 Å². The molecule has 0 saturated heterocycles. The van der Waals surface area contributed by atoms with Gasteiger partial charge in [0, 0.05) is 6.07 Å². The van der Waals surface area contributed by atoms with Crippen LogP contribution in [0.25, 0.3) is 0 Å². The Kier molecular flexibility index (Phi) is 5.83. The lowest BCUT2D eigenvalue weighted by atomic mass is 10.2. The quantitative estimate of drug-likeness (QED) is 0.753. The Hall–Kier alpha value is -3.23. The van der Waals surface area contributed by atoms with Crippen molar-refractivity contribution in [2.75, 3.05) is 33.3 Å². The Morgan fingerprint density at radius 2 is 1.72 bits per heavy atom. The summed E-state index contributed by atoms with van der Waals surface area (Å²) in [6.45, 7) is 1.22. The normalized spacial score (nSPS) is 10.1. The van der Waals surface area contributed by atoms with E-state index in [4.69, 9.17) is 23.5 Å². The molecule has 2 aromatic rings. The first-order valence-corrected chi connectivity index (χ1v) is 7.18. The lowest BCUT2D eigenvalue weighted by molar-refractivity contribution is -0.119. The number of benzene rings is 1. The third kappa shape index (κ3) is 4.40. The molecule has 0 bridgehead atoms. The van der Waals surface area contributed by atoms with Crippen molar-refractivity contribution in [3.63, 3.8) is 0 Å². The van der Waals surface area contributed by atoms with Crippen molar-refractivity contribution in [1.29, 1.82) is 0 Å². The summed E-state index contributed by atoms with van der Waals surface area (Å²) in [7, 11) is 4.31. The largest absolute Gasteiger partial charge is 0.493 e. The lowest BCUT2D eigenvalue weighted by Gasteiger charge is -2.13. The maximum absolute atomic E-state index is 12.2. The average Bonchev–Trinajstić information content (AvgIpc) is 3.02. The number of carbonyl (C=O) groups is 2. The van der Waals surface area contributed by atoms with E-state index >= 15 is 0 Å². The van der Waals surface area contributed by atoms with Gasteiger partial charge in [0.1, 0.15) is 0 Å². The van der Waals surface area contributed by atoms with E-state index in [0.29, 0.717) is 22.9 Å². The second-order valence-corrected chi connectivity index (χ2v) is 4.87. The molecule has 0 aliphatic heterocycles.